The Hall–Kier alpha value is -1.26. The molecule has 1 amide bonds. The summed E-state index contributed by atoms with van der Waals surface area (Å²) in [6.07, 6.45) is 2.88. The molecule has 0 bridgehead atoms. The van der Waals surface area contributed by atoms with E-state index >= 15 is 0 Å². The third-order valence-electron chi connectivity index (χ3n) is 3.37. The van der Waals surface area contributed by atoms with Crippen LogP contribution in [0.2, 0.25) is 0 Å². The Morgan fingerprint density at radius 2 is 2.05 bits per heavy atom. The first kappa shape index (κ1) is 19.7. The molecule has 1 aromatic rings. The van der Waals surface area contributed by atoms with Crippen molar-refractivity contribution >= 4 is 18.3 Å². The van der Waals surface area contributed by atoms with Gasteiger partial charge in [0.1, 0.15) is 5.75 Å². The Morgan fingerprint density at radius 3 is 2.71 bits per heavy atom. The van der Waals surface area contributed by atoms with Gasteiger partial charge in [0.25, 0.3) is 5.91 Å². The fourth-order valence-corrected chi connectivity index (χ4v) is 1.93. The molecule has 0 saturated carbocycles. The third-order valence-corrected chi connectivity index (χ3v) is 3.37. The largest absolute Gasteiger partial charge is 0.483 e. The summed E-state index contributed by atoms with van der Waals surface area (Å²) in [4.78, 5) is 11.7. The van der Waals surface area contributed by atoms with Crippen molar-refractivity contribution in [2.75, 3.05) is 19.7 Å². The lowest BCUT2D eigenvalue weighted by molar-refractivity contribution is -0.123. The number of nitrogens with one attached hydrogen (secondary N) is 1. The van der Waals surface area contributed by atoms with Gasteiger partial charge in [0.15, 0.2) is 6.61 Å². The number of hydrogen-bond donors (Lipinski definition) is 2. The topological polar surface area (TPSA) is 64.3 Å². The van der Waals surface area contributed by atoms with E-state index in [4.69, 9.17) is 10.5 Å². The summed E-state index contributed by atoms with van der Waals surface area (Å²) in [5, 5.41) is 2.83. The average molecular weight is 315 g/mol. The Balaban J connectivity index is 0.00000400. The molecule has 4 nitrogen and oxygen atoms in total. The van der Waals surface area contributed by atoms with Crippen LogP contribution in [0.5, 0.6) is 5.75 Å². The van der Waals surface area contributed by atoms with Gasteiger partial charge in [0.2, 0.25) is 0 Å². The molecule has 120 valence electrons. The van der Waals surface area contributed by atoms with Gasteiger partial charge in [-0.05, 0) is 43.4 Å². The fraction of sp³-hybridized carbons (Fsp3) is 0.562. The molecule has 0 radical (unpaired) electrons. The van der Waals surface area contributed by atoms with Crippen LogP contribution in [0, 0.1) is 0 Å². The molecular formula is C16H27ClN2O2. The van der Waals surface area contributed by atoms with Crippen LogP contribution in [0.1, 0.15) is 44.6 Å². The molecule has 0 aliphatic rings. The van der Waals surface area contributed by atoms with Gasteiger partial charge >= 0.3 is 0 Å². The number of ether oxygens (including phenoxy) is 1. The van der Waals surface area contributed by atoms with Crippen molar-refractivity contribution in [3.8, 4) is 5.75 Å². The lowest BCUT2D eigenvalue weighted by atomic mass is 9.98. The zero-order valence-corrected chi connectivity index (χ0v) is 13.7. The smallest absolute Gasteiger partial charge is 0.257 e. The molecule has 0 heterocycles. The van der Waals surface area contributed by atoms with Crippen molar-refractivity contribution < 1.29 is 9.53 Å². The van der Waals surface area contributed by atoms with Crippen LogP contribution >= 0.6 is 12.4 Å². The Labute approximate surface area is 133 Å². The normalized spacial score (nSPS) is 11.4. The second-order valence-electron chi connectivity index (χ2n) is 4.98. The number of halogens is 1. The van der Waals surface area contributed by atoms with E-state index in [0.29, 0.717) is 19.0 Å². The molecular weight excluding hydrogens is 288 g/mol. The molecule has 5 heteroatoms. The van der Waals surface area contributed by atoms with Crippen LogP contribution in [0.15, 0.2) is 24.3 Å². The summed E-state index contributed by atoms with van der Waals surface area (Å²) in [5.74, 6) is 1.15. The molecule has 1 aromatic carbocycles. The maximum absolute atomic E-state index is 11.7. The predicted molar refractivity (Wildman–Crippen MR) is 89.2 cm³/mol. The number of para-hydroxylation sites is 1. The van der Waals surface area contributed by atoms with Crippen molar-refractivity contribution in [3.63, 3.8) is 0 Å². The molecule has 3 N–H and O–H groups in total. The quantitative estimate of drug-likeness (QED) is 0.689. The van der Waals surface area contributed by atoms with Crippen LogP contribution < -0.4 is 15.8 Å². The van der Waals surface area contributed by atoms with Crippen LogP contribution in [-0.2, 0) is 4.79 Å². The molecule has 0 aliphatic carbocycles. The van der Waals surface area contributed by atoms with Crippen molar-refractivity contribution in [1.82, 2.24) is 5.32 Å². The summed E-state index contributed by atoms with van der Waals surface area (Å²) in [7, 11) is 0. The first-order valence-corrected chi connectivity index (χ1v) is 7.37. The second-order valence-corrected chi connectivity index (χ2v) is 4.98. The standard InChI is InChI=1S/C16H26N2O2.ClH/c1-3-13(2)14-8-4-5-9-15(14)20-12-16(19)18-11-7-6-10-17;/h4-5,8-9,13H,3,6-7,10-12,17H2,1-2H3,(H,18,19);1H. The van der Waals surface area contributed by atoms with E-state index in [1.807, 2.05) is 18.2 Å². The number of hydrogen-bond acceptors (Lipinski definition) is 3. The molecule has 21 heavy (non-hydrogen) atoms. The minimum Gasteiger partial charge on any atom is -0.483 e. The van der Waals surface area contributed by atoms with E-state index in [1.165, 1.54) is 0 Å². The predicted octanol–water partition coefficient (Wildman–Crippen LogP) is 2.86. The molecule has 0 spiro atoms. The highest BCUT2D eigenvalue weighted by Gasteiger charge is 2.10. The summed E-state index contributed by atoms with van der Waals surface area (Å²) in [5.41, 5.74) is 6.56. The molecule has 0 aliphatic heterocycles. The molecule has 0 saturated heterocycles. The minimum absolute atomic E-state index is 0. The highest BCUT2D eigenvalue weighted by atomic mass is 35.5. The van der Waals surface area contributed by atoms with Gasteiger partial charge in [-0.3, -0.25) is 4.79 Å². The van der Waals surface area contributed by atoms with Gasteiger partial charge in [-0.15, -0.1) is 12.4 Å². The van der Waals surface area contributed by atoms with Gasteiger partial charge in [0.05, 0.1) is 0 Å². The summed E-state index contributed by atoms with van der Waals surface area (Å²) < 4.78 is 5.64. The molecule has 1 atom stereocenters. The first-order chi connectivity index (χ1) is 9.69. The van der Waals surface area contributed by atoms with Crippen LogP contribution in [0.4, 0.5) is 0 Å². The Bertz CT molecular complexity index is 413. The van der Waals surface area contributed by atoms with Gasteiger partial charge in [-0.1, -0.05) is 32.0 Å². The third kappa shape index (κ3) is 7.34. The van der Waals surface area contributed by atoms with Crippen molar-refractivity contribution in [2.24, 2.45) is 5.73 Å². The summed E-state index contributed by atoms with van der Waals surface area (Å²) >= 11 is 0. The molecule has 1 rings (SSSR count). The number of nitrogens with two attached hydrogens (primary N) is 1. The minimum atomic E-state index is -0.0824. The molecule has 0 fully saturated rings. The number of carbonyl (C=O) groups is 1. The first-order valence-electron chi connectivity index (χ1n) is 7.37. The average Bonchev–Trinajstić information content (AvgIpc) is 2.49. The van der Waals surface area contributed by atoms with Crippen molar-refractivity contribution in [2.45, 2.75) is 39.0 Å². The number of carbonyl (C=O) groups excluding carboxylic acids is 1. The van der Waals surface area contributed by atoms with E-state index in [9.17, 15) is 4.79 Å². The summed E-state index contributed by atoms with van der Waals surface area (Å²) in [6, 6.07) is 7.91. The lowest BCUT2D eigenvalue weighted by Gasteiger charge is -2.15. The lowest BCUT2D eigenvalue weighted by Crippen LogP contribution is -2.30. The van der Waals surface area contributed by atoms with E-state index in [0.717, 1.165) is 30.6 Å². The Kier molecular flexibility index (Phi) is 10.7. The van der Waals surface area contributed by atoms with E-state index in [-0.39, 0.29) is 24.9 Å². The molecule has 1 unspecified atom stereocenters. The van der Waals surface area contributed by atoms with Crippen LogP contribution in [0.3, 0.4) is 0 Å². The van der Waals surface area contributed by atoms with E-state index < -0.39 is 0 Å². The van der Waals surface area contributed by atoms with Crippen molar-refractivity contribution in [3.05, 3.63) is 29.8 Å². The highest BCUT2D eigenvalue weighted by Crippen LogP contribution is 2.28. The fourth-order valence-electron chi connectivity index (χ4n) is 1.93. The van der Waals surface area contributed by atoms with Crippen molar-refractivity contribution in [1.29, 1.82) is 0 Å². The number of amides is 1. The van der Waals surface area contributed by atoms with Gasteiger partial charge < -0.3 is 15.8 Å². The zero-order chi connectivity index (χ0) is 14.8. The number of rotatable bonds is 9. The maximum Gasteiger partial charge on any atom is 0.257 e. The van der Waals surface area contributed by atoms with E-state index in [1.54, 1.807) is 0 Å². The maximum atomic E-state index is 11.7. The van der Waals surface area contributed by atoms with Crippen LogP contribution in [-0.4, -0.2) is 25.6 Å². The van der Waals surface area contributed by atoms with Gasteiger partial charge in [-0.25, -0.2) is 0 Å². The second kappa shape index (κ2) is 11.4. The zero-order valence-electron chi connectivity index (χ0n) is 12.9. The van der Waals surface area contributed by atoms with Gasteiger partial charge in [0, 0.05) is 6.54 Å². The van der Waals surface area contributed by atoms with Gasteiger partial charge in [-0.2, -0.15) is 0 Å². The highest BCUT2D eigenvalue weighted by molar-refractivity contribution is 5.85. The molecule has 0 aromatic heterocycles. The van der Waals surface area contributed by atoms with E-state index in [2.05, 4.69) is 25.2 Å². The Morgan fingerprint density at radius 1 is 1.33 bits per heavy atom. The number of unbranched alkanes of at least 4 members (excludes halogenated alkanes) is 1. The monoisotopic (exact) mass is 314 g/mol. The summed E-state index contributed by atoms with van der Waals surface area (Å²) in [6.45, 7) is 5.69. The number of benzene rings is 1. The van der Waals surface area contributed by atoms with Crippen LogP contribution in [0.25, 0.3) is 0 Å². The SMILES string of the molecule is CCC(C)c1ccccc1OCC(=O)NCCCCN.Cl.